The maximum atomic E-state index is 13.5. The highest BCUT2D eigenvalue weighted by atomic mass is 32.2. The zero-order valence-electron chi connectivity index (χ0n) is 18.7. The van der Waals surface area contributed by atoms with E-state index < -0.39 is 0 Å². The van der Waals surface area contributed by atoms with E-state index in [1.165, 1.54) is 23.1 Å². The smallest absolute Gasteiger partial charge is 0.266 e. The van der Waals surface area contributed by atoms with E-state index in [2.05, 4.69) is 16.0 Å². The van der Waals surface area contributed by atoms with Gasteiger partial charge in [-0.05, 0) is 57.0 Å². The molecule has 0 aliphatic rings. The fraction of sp³-hybridized carbons (Fsp3) is 0.200. The molecule has 5 rings (SSSR count). The molecule has 0 saturated heterocycles. The SMILES string of the molecule is Cc1ccc(-n2c(SCc3nc4sc(C)c(C)c4c(=O)[nH]3)nc3ccccc3c2=O)c(C)c1. The summed E-state index contributed by atoms with van der Waals surface area (Å²) in [6.07, 6.45) is 0. The number of aromatic nitrogens is 4. The van der Waals surface area contributed by atoms with Crippen molar-refractivity contribution in [2.45, 2.75) is 38.6 Å². The molecule has 8 heteroatoms. The van der Waals surface area contributed by atoms with Crippen molar-refractivity contribution in [3.63, 3.8) is 0 Å². The van der Waals surface area contributed by atoms with Gasteiger partial charge in [0.05, 0.1) is 27.7 Å². The van der Waals surface area contributed by atoms with Gasteiger partial charge in [0.25, 0.3) is 11.1 Å². The summed E-state index contributed by atoms with van der Waals surface area (Å²) >= 11 is 2.91. The van der Waals surface area contributed by atoms with E-state index in [4.69, 9.17) is 4.98 Å². The Morgan fingerprint density at radius 2 is 1.82 bits per heavy atom. The van der Waals surface area contributed by atoms with Crippen molar-refractivity contribution in [1.82, 2.24) is 19.5 Å². The summed E-state index contributed by atoms with van der Waals surface area (Å²) in [6.45, 7) is 7.96. The van der Waals surface area contributed by atoms with E-state index in [0.717, 1.165) is 32.1 Å². The lowest BCUT2D eigenvalue weighted by atomic mass is 10.1. The minimum Gasteiger partial charge on any atom is -0.309 e. The van der Waals surface area contributed by atoms with Crippen molar-refractivity contribution in [2.75, 3.05) is 0 Å². The van der Waals surface area contributed by atoms with Crippen LogP contribution in [0.2, 0.25) is 0 Å². The molecule has 1 N–H and O–H groups in total. The molecule has 0 amide bonds. The summed E-state index contributed by atoms with van der Waals surface area (Å²) < 4.78 is 1.66. The Kier molecular flexibility index (Phi) is 5.42. The Balaban J connectivity index is 1.63. The largest absolute Gasteiger partial charge is 0.309 e. The first-order chi connectivity index (χ1) is 15.8. The molecule has 0 bridgehead atoms. The first kappa shape index (κ1) is 21.6. The molecule has 0 spiro atoms. The van der Waals surface area contributed by atoms with Gasteiger partial charge in [-0.2, -0.15) is 0 Å². The van der Waals surface area contributed by atoms with Gasteiger partial charge in [0.15, 0.2) is 5.16 Å². The molecule has 2 aromatic carbocycles. The minimum absolute atomic E-state index is 0.114. The van der Waals surface area contributed by atoms with Crippen LogP contribution < -0.4 is 11.1 Å². The molecule has 5 aromatic rings. The quantitative estimate of drug-likeness (QED) is 0.286. The number of hydrogen-bond donors (Lipinski definition) is 1. The number of nitrogens with one attached hydrogen (secondary N) is 1. The number of aromatic amines is 1. The maximum absolute atomic E-state index is 13.5. The second-order valence-corrected chi connectivity index (χ2v) is 10.3. The summed E-state index contributed by atoms with van der Waals surface area (Å²) in [5, 5.41) is 1.79. The van der Waals surface area contributed by atoms with Gasteiger partial charge in [-0.3, -0.25) is 14.2 Å². The van der Waals surface area contributed by atoms with Gasteiger partial charge in [-0.15, -0.1) is 11.3 Å². The van der Waals surface area contributed by atoms with Crippen molar-refractivity contribution < 1.29 is 0 Å². The standard InChI is InChI=1S/C25H22N4O2S2/c1-13-9-10-19(14(2)11-13)29-24(31)17-7-5-6-8-18(17)26-25(29)32-12-20-27-22(30)21-15(3)16(4)33-23(21)28-20/h5-11H,12H2,1-4H3,(H,27,28,30). The number of H-pyrrole nitrogens is 1. The second kappa shape index (κ2) is 8.28. The molecule has 0 fully saturated rings. The Morgan fingerprint density at radius 1 is 1.03 bits per heavy atom. The van der Waals surface area contributed by atoms with Gasteiger partial charge in [0.1, 0.15) is 10.7 Å². The lowest BCUT2D eigenvalue weighted by molar-refractivity contribution is 0.812. The molecule has 0 unspecified atom stereocenters. The zero-order chi connectivity index (χ0) is 23.3. The first-order valence-electron chi connectivity index (χ1n) is 10.5. The number of benzene rings is 2. The van der Waals surface area contributed by atoms with Crippen molar-refractivity contribution in [3.8, 4) is 5.69 Å². The molecule has 3 heterocycles. The van der Waals surface area contributed by atoms with Crippen molar-refractivity contribution in [1.29, 1.82) is 0 Å². The van der Waals surface area contributed by atoms with E-state index in [1.54, 1.807) is 10.6 Å². The summed E-state index contributed by atoms with van der Waals surface area (Å²) in [5.41, 5.74) is 4.30. The monoisotopic (exact) mass is 474 g/mol. The number of thioether (sulfide) groups is 1. The van der Waals surface area contributed by atoms with Crippen LogP contribution in [-0.4, -0.2) is 19.5 Å². The summed E-state index contributed by atoms with van der Waals surface area (Å²) in [4.78, 5) is 40.4. The second-order valence-electron chi connectivity index (χ2n) is 8.11. The molecule has 0 radical (unpaired) electrons. The Labute approximate surface area is 198 Å². The van der Waals surface area contributed by atoms with E-state index in [0.29, 0.717) is 33.0 Å². The zero-order valence-corrected chi connectivity index (χ0v) is 20.4. The van der Waals surface area contributed by atoms with Gasteiger partial charge >= 0.3 is 0 Å². The predicted octanol–water partition coefficient (Wildman–Crippen LogP) is 5.21. The molecule has 166 valence electrons. The van der Waals surface area contributed by atoms with Gasteiger partial charge in [-0.1, -0.05) is 41.6 Å². The first-order valence-corrected chi connectivity index (χ1v) is 12.3. The Bertz CT molecular complexity index is 1660. The maximum Gasteiger partial charge on any atom is 0.266 e. The summed E-state index contributed by atoms with van der Waals surface area (Å²) in [7, 11) is 0. The van der Waals surface area contributed by atoms with Crippen molar-refractivity contribution >= 4 is 44.2 Å². The van der Waals surface area contributed by atoms with Crippen LogP contribution in [0, 0.1) is 27.7 Å². The van der Waals surface area contributed by atoms with Crippen LogP contribution in [0.15, 0.2) is 57.2 Å². The summed E-state index contributed by atoms with van der Waals surface area (Å²) in [6, 6.07) is 13.4. The highest BCUT2D eigenvalue weighted by Gasteiger charge is 2.17. The Morgan fingerprint density at radius 3 is 2.61 bits per heavy atom. The van der Waals surface area contributed by atoms with E-state index >= 15 is 0 Å². The van der Waals surface area contributed by atoms with Gasteiger partial charge in [-0.25, -0.2) is 9.97 Å². The average molecular weight is 475 g/mol. The molecule has 0 saturated carbocycles. The van der Waals surface area contributed by atoms with Crippen LogP contribution in [0.1, 0.15) is 27.4 Å². The Hall–Kier alpha value is -3.23. The lowest BCUT2D eigenvalue weighted by Crippen LogP contribution is -2.22. The van der Waals surface area contributed by atoms with Crippen LogP contribution in [0.5, 0.6) is 0 Å². The number of para-hydroxylation sites is 1. The molecular weight excluding hydrogens is 452 g/mol. The van der Waals surface area contributed by atoms with Crippen molar-refractivity contribution in [2.24, 2.45) is 0 Å². The highest BCUT2D eigenvalue weighted by Crippen LogP contribution is 2.28. The topological polar surface area (TPSA) is 80.6 Å². The molecule has 3 aromatic heterocycles. The van der Waals surface area contributed by atoms with Crippen LogP contribution in [0.4, 0.5) is 0 Å². The third kappa shape index (κ3) is 3.79. The fourth-order valence-electron chi connectivity index (χ4n) is 3.98. The van der Waals surface area contributed by atoms with Crippen LogP contribution in [0.3, 0.4) is 0 Å². The van der Waals surface area contributed by atoms with Gasteiger partial charge < -0.3 is 4.98 Å². The molecular formula is C25H22N4O2S2. The average Bonchev–Trinajstić information content (AvgIpc) is 3.07. The van der Waals surface area contributed by atoms with E-state index in [-0.39, 0.29) is 11.1 Å². The third-order valence-electron chi connectivity index (χ3n) is 5.76. The van der Waals surface area contributed by atoms with Crippen molar-refractivity contribution in [3.05, 3.63) is 90.6 Å². The molecule has 0 atom stereocenters. The lowest BCUT2D eigenvalue weighted by Gasteiger charge is -2.15. The molecule has 33 heavy (non-hydrogen) atoms. The highest BCUT2D eigenvalue weighted by molar-refractivity contribution is 7.98. The van der Waals surface area contributed by atoms with E-state index in [1.807, 2.05) is 58.0 Å². The third-order valence-corrected chi connectivity index (χ3v) is 7.82. The fourth-order valence-corrected chi connectivity index (χ4v) is 5.90. The normalized spacial score (nSPS) is 11.5. The van der Waals surface area contributed by atoms with Gasteiger partial charge in [0, 0.05) is 4.88 Å². The number of rotatable bonds is 4. The van der Waals surface area contributed by atoms with Gasteiger partial charge in [0.2, 0.25) is 0 Å². The molecule has 0 aliphatic heterocycles. The van der Waals surface area contributed by atoms with Crippen LogP contribution in [-0.2, 0) is 5.75 Å². The number of thiophene rings is 1. The van der Waals surface area contributed by atoms with Crippen LogP contribution in [0.25, 0.3) is 26.8 Å². The minimum atomic E-state index is -0.129. The number of hydrogen-bond acceptors (Lipinski definition) is 6. The molecule has 6 nitrogen and oxygen atoms in total. The van der Waals surface area contributed by atoms with Crippen LogP contribution >= 0.6 is 23.1 Å². The number of aryl methyl sites for hydroxylation is 4. The predicted molar refractivity (Wildman–Crippen MR) is 136 cm³/mol. The molecule has 0 aliphatic carbocycles. The summed E-state index contributed by atoms with van der Waals surface area (Å²) in [5.74, 6) is 0.949. The number of nitrogens with zero attached hydrogens (tertiary/aromatic N) is 3. The number of fused-ring (bicyclic) bond motifs is 2. The van der Waals surface area contributed by atoms with E-state index in [9.17, 15) is 9.59 Å².